The van der Waals surface area contributed by atoms with Crippen molar-refractivity contribution in [2.45, 2.75) is 60.8 Å². The van der Waals surface area contributed by atoms with Crippen molar-refractivity contribution in [2.24, 2.45) is 10.8 Å². The number of hydrogen-bond donors (Lipinski definition) is 0. The third kappa shape index (κ3) is 6.75. The summed E-state index contributed by atoms with van der Waals surface area (Å²) in [5.74, 6) is 2.15. The predicted molar refractivity (Wildman–Crippen MR) is 87.9 cm³/mol. The minimum atomic E-state index is 0.329. The SMILES string of the molecule is C=C(Cc1cccbc1CC(C)(C)C)CC(C)(C)C. The molecular weight excluding hydrogens is 227 g/mol. The number of rotatable bonds is 4. The molecule has 1 aromatic rings. The second kappa shape index (κ2) is 6.07. The van der Waals surface area contributed by atoms with Crippen LogP contribution in [0.5, 0.6) is 0 Å². The van der Waals surface area contributed by atoms with Gasteiger partial charge in [-0.15, -0.1) is 0 Å². The number of allylic oxidation sites excluding steroid dienone is 1. The van der Waals surface area contributed by atoms with Gasteiger partial charge in [0.05, 0.1) is 0 Å². The van der Waals surface area contributed by atoms with Crippen LogP contribution in [0.3, 0.4) is 0 Å². The molecule has 0 N–H and O–H groups in total. The molecule has 1 heteroatoms. The summed E-state index contributed by atoms with van der Waals surface area (Å²) in [6, 6.07) is 4.40. The average molecular weight is 256 g/mol. The van der Waals surface area contributed by atoms with Crippen LogP contribution in [0.4, 0.5) is 0 Å². The fourth-order valence-corrected chi connectivity index (χ4v) is 2.56. The van der Waals surface area contributed by atoms with Gasteiger partial charge in [-0.05, 0) is 0 Å². The van der Waals surface area contributed by atoms with Gasteiger partial charge in [-0.2, -0.15) is 0 Å². The van der Waals surface area contributed by atoms with Crippen molar-refractivity contribution < 1.29 is 0 Å². The van der Waals surface area contributed by atoms with Gasteiger partial charge in [-0.25, -0.2) is 0 Å². The molecule has 0 aliphatic rings. The van der Waals surface area contributed by atoms with Gasteiger partial charge in [0.25, 0.3) is 0 Å². The Kier molecular flexibility index (Phi) is 5.18. The molecule has 0 saturated heterocycles. The topological polar surface area (TPSA) is 0 Å². The Morgan fingerprint density at radius 2 is 1.74 bits per heavy atom. The molecule has 0 amide bonds. The van der Waals surface area contributed by atoms with Crippen LogP contribution < -0.4 is 0 Å². The Morgan fingerprint density at radius 1 is 1.11 bits per heavy atom. The van der Waals surface area contributed by atoms with Gasteiger partial charge in [0.15, 0.2) is 0 Å². The first kappa shape index (κ1) is 16.2. The first-order chi connectivity index (χ1) is 8.57. The Morgan fingerprint density at radius 3 is 2.26 bits per heavy atom. The van der Waals surface area contributed by atoms with Crippen molar-refractivity contribution >= 4 is 6.91 Å². The number of hydrogen-bond acceptors (Lipinski definition) is 0. The molecule has 0 aliphatic heterocycles. The van der Waals surface area contributed by atoms with Crippen LogP contribution in [0.25, 0.3) is 0 Å². The fourth-order valence-electron chi connectivity index (χ4n) is 2.56. The zero-order valence-electron chi connectivity index (χ0n) is 13.6. The van der Waals surface area contributed by atoms with Gasteiger partial charge in [0, 0.05) is 0 Å². The molecule has 0 nitrogen and oxygen atoms in total. The molecule has 104 valence electrons. The molecule has 1 heterocycles. The zero-order chi connectivity index (χ0) is 14.7. The van der Waals surface area contributed by atoms with Gasteiger partial charge in [0.2, 0.25) is 0 Å². The summed E-state index contributed by atoms with van der Waals surface area (Å²) in [5.41, 5.74) is 4.93. The third-order valence-electron chi connectivity index (χ3n) is 3.06. The van der Waals surface area contributed by atoms with E-state index in [1.54, 1.807) is 0 Å². The predicted octanol–water partition coefficient (Wildman–Crippen LogP) is 5.15. The van der Waals surface area contributed by atoms with Crippen molar-refractivity contribution in [3.8, 4) is 0 Å². The summed E-state index contributed by atoms with van der Waals surface area (Å²) in [4.78, 5) is 0. The standard InChI is InChI=1S/C18H29B/c1-14(12-17(2,3)4)11-15-9-8-10-19-16(15)13-18(5,6)7/h8-10H,1,11-13H2,2-7H3. The van der Waals surface area contributed by atoms with Crippen LogP contribution in [-0.2, 0) is 12.8 Å². The Hall–Kier alpha value is -0.845. The van der Waals surface area contributed by atoms with Crippen LogP contribution in [0, 0.1) is 10.8 Å². The first-order valence-electron chi connectivity index (χ1n) is 7.30. The maximum atomic E-state index is 4.27. The van der Waals surface area contributed by atoms with E-state index >= 15 is 0 Å². The molecule has 0 spiro atoms. The van der Waals surface area contributed by atoms with Crippen molar-refractivity contribution in [2.75, 3.05) is 0 Å². The second-order valence-corrected chi connectivity index (χ2v) is 8.17. The van der Waals surface area contributed by atoms with Crippen molar-refractivity contribution in [1.82, 2.24) is 0 Å². The summed E-state index contributed by atoms with van der Waals surface area (Å²) in [6.07, 6.45) is 3.24. The van der Waals surface area contributed by atoms with Crippen LogP contribution in [0.2, 0.25) is 0 Å². The summed E-state index contributed by atoms with van der Waals surface area (Å²) >= 11 is 0. The van der Waals surface area contributed by atoms with Crippen LogP contribution in [0.1, 0.15) is 59.0 Å². The van der Waals surface area contributed by atoms with Crippen LogP contribution in [-0.4, -0.2) is 6.91 Å². The van der Waals surface area contributed by atoms with E-state index in [9.17, 15) is 0 Å². The van der Waals surface area contributed by atoms with Crippen LogP contribution >= 0.6 is 0 Å². The molecule has 1 aromatic heterocycles. The third-order valence-corrected chi connectivity index (χ3v) is 3.06. The van der Waals surface area contributed by atoms with Gasteiger partial charge in [-0.3, -0.25) is 0 Å². The molecule has 0 aromatic carbocycles. The molecule has 0 unspecified atom stereocenters. The molecular formula is C18H29B. The Balaban J connectivity index is 2.81. The second-order valence-electron chi connectivity index (χ2n) is 8.17. The van der Waals surface area contributed by atoms with Gasteiger partial charge < -0.3 is 0 Å². The van der Waals surface area contributed by atoms with E-state index in [-0.39, 0.29) is 0 Å². The normalized spacial score (nSPS) is 12.3. The molecule has 0 aliphatic carbocycles. The monoisotopic (exact) mass is 256 g/mol. The Bertz CT molecular complexity index is 430. The molecule has 1 rings (SSSR count). The van der Waals surface area contributed by atoms with E-state index in [0.717, 1.165) is 19.3 Å². The average Bonchev–Trinajstić information content (AvgIpc) is 2.15. The summed E-state index contributed by atoms with van der Waals surface area (Å²) in [7, 11) is 0. The molecule has 0 atom stereocenters. The van der Waals surface area contributed by atoms with E-state index in [1.165, 1.54) is 16.6 Å². The van der Waals surface area contributed by atoms with Crippen molar-refractivity contribution in [3.63, 3.8) is 0 Å². The molecule has 0 saturated carbocycles. The quantitative estimate of drug-likeness (QED) is 0.653. The van der Waals surface area contributed by atoms with E-state index in [4.69, 9.17) is 0 Å². The minimum absolute atomic E-state index is 0.329. The molecule has 0 fully saturated rings. The molecule has 19 heavy (non-hydrogen) atoms. The summed E-state index contributed by atoms with van der Waals surface area (Å²) in [6.45, 7) is 20.3. The fraction of sp³-hybridized carbons (Fsp3) is 0.611. The summed E-state index contributed by atoms with van der Waals surface area (Å²) in [5, 5.41) is 0. The van der Waals surface area contributed by atoms with Crippen molar-refractivity contribution in [3.05, 3.63) is 41.3 Å². The van der Waals surface area contributed by atoms with Crippen LogP contribution in [0.15, 0.2) is 30.2 Å². The van der Waals surface area contributed by atoms with E-state index < -0.39 is 0 Å². The molecule has 0 radical (unpaired) electrons. The Labute approximate surface area is 120 Å². The molecule has 0 bridgehead atoms. The first-order valence-corrected chi connectivity index (χ1v) is 7.30. The van der Waals surface area contributed by atoms with Gasteiger partial charge in [0.1, 0.15) is 0 Å². The van der Waals surface area contributed by atoms with Gasteiger partial charge in [-0.1, -0.05) is 0 Å². The van der Waals surface area contributed by atoms with Gasteiger partial charge >= 0.3 is 120 Å². The maximum absolute atomic E-state index is 4.27. The van der Waals surface area contributed by atoms with E-state index in [1.807, 2.05) is 0 Å². The van der Waals surface area contributed by atoms with Crippen molar-refractivity contribution in [1.29, 1.82) is 0 Å². The zero-order valence-corrected chi connectivity index (χ0v) is 13.6. The van der Waals surface area contributed by atoms with E-state index in [2.05, 4.69) is 73.1 Å². The van der Waals surface area contributed by atoms with E-state index in [0.29, 0.717) is 10.8 Å². The summed E-state index contributed by atoms with van der Waals surface area (Å²) < 4.78 is 0.